The molecule has 0 aliphatic rings. The average molecular weight is 357 g/mol. The van der Waals surface area contributed by atoms with Crippen LogP contribution in [-0.4, -0.2) is 38.2 Å². The van der Waals surface area contributed by atoms with Gasteiger partial charge in [0, 0.05) is 24.5 Å². The Balaban J connectivity index is 2.18. The van der Waals surface area contributed by atoms with Crippen molar-refractivity contribution in [3.63, 3.8) is 0 Å². The Labute approximate surface area is 157 Å². The van der Waals surface area contributed by atoms with Crippen LogP contribution in [0.2, 0.25) is 0 Å². The average Bonchev–Trinajstić information content (AvgIpc) is 2.97. The molecule has 0 aliphatic carbocycles. The number of carbonyl (C=O) groups excluding carboxylic acids is 1. The summed E-state index contributed by atoms with van der Waals surface area (Å²) in [4.78, 5) is 19.5. The van der Waals surface area contributed by atoms with E-state index in [1.54, 1.807) is 6.20 Å². The summed E-state index contributed by atoms with van der Waals surface area (Å²) in [5.41, 5.74) is 2.64. The minimum atomic E-state index is 0.0782. The molecule has 26 heavy (non-hydrogen) atoms. The zero-order valence-corrected chi connectivity index (χ0v) is 16.8. The number of hydrogen-bond acceptors (Lipinski definition) is 3. The number of pyridine rings is 1. The van der Waals surface area contributed by atoms with Crippen LogP contribution in [0, 0.1) is 13.8 Å². The van der Waals surface area contributed by atoms with Gasteiger partial charge in [-0.2, -0.15) is 5.10 Å². The Kier molecular flexibility index (Phi) is 7.37. The van der Waals surface area contributed by atoms with E-state index in [1.807, 2.05) is 41.6 Å². The van der Waals surface area contributed by atoms with Crippen LogP contribution in [0.25, 0.3) is 5.82 Å². The number of hydrogen-bond donors (Lipinski definition) is 0. The second kappa shape index (κ2) is 9.51. The topological polar surface area (TPSA) is 51.0 Å². The first-order valence-electron chi connectivity index (χ1n) is 9.78. The van der Waals surface area contributed by atoms with Crippen molar-refractivity contribution in [2.24, 2.45) is 0 Å². The van der Waals surface area contributed by atoms with Crippen LogP contribution in [0.5, 0.6) is 0 Å². The second-order valence-electron chi connectivity index (χ2n) is 7.09. The first-order valence-corrected chi connectivity index (χ1v) is 9.78. The van der Waals surface area contributed by atoms with E-state index >= 15 is 0 Å². The molecule has 0 saturated heterocycles. The largest absolute Gasteiger partial charge is 0.336 e. The van der Waals surface area contributed by atoms with Crippen molar-refractivity contribution in [3.8, 4) is 5.82 Å². The lowest BCUT2D eigenvalue weighted by molar-refractivity contribution is 0.0679. The van der Waals surface area contributed by atoms with Crippen molar-refractivity contribution < 1.29 is 4.79 Å². The Morgan fingerprint density at radius 1 is 1.19 bits per heavy atom. The fraction of sp³-hybridized carbons (Fsp3) is 0.571. The lowest BCUT2D eigenvalue weighted by atomic mass is 10.1. The molecule has 5 nitrogen and oxygen atoms in total. The molecule has 1 unspecified atom stereocenters. The van der Waals surface area contributed by atoms with E-state index in [0.29, 0.717) is 5.56 Å². The predicted molar refractivity (Wildman–Crippen MR) is 106 cm³/mol. The predicted octanol–water partition coefficient (Wildman–Crippen LogP) is 4.71. The smallest absolute Gasteiger partial charge is 0.255 e. The molecule has 2 aromatic rings. The van der Waals surface area contributed by atoms with Gasteiger partial charge >= 0.3 is 0 Å². The van der Waals surface area contributed by atoms with Gasteiger partial charge in [-0.05, 0) is 51.8 Å². The highest BCUT2D eigenvalue weighted by atomic mass is 16.2. The molecule has 0 radical (unpaired) electrons. The van der Waals surface area contributed by atoms with Gasteiger partial charge in [0.15, 0.2) is 5.82 Å². The molecule has 5 heteroatoms. The Hall–Kier alpha value is -2.17. The molecule has 142 valence electrons. The summed E-state index contributed by atoms with van der Waals surface area (Å²) in [6, 6.07) is 6.01. The summed E-state index contributed by atoms with van der Waals surface area (Å²) < 4.78 is 1.81. The number of aryl methyl sites for hydroxylation is 2. The van der Waals surface area contributed by atoms with Crippen molar-refractivity contribution in [2.75, 3.05) is 6.54 Å². The van der Waals surface area contributed by atoms with Crippen LogP contribution in [0.4, 0.5) is 0 Å². The standard InChI is InChI=1S/C21H32N4O/c1-6-8-9-13-24(17(4)10-7-2)21(26)19-11-12-20(22-15-19)25-18(5)14-16(3)23-25/h11-12,14-15,17H,6-10,13H2,1-5H3. The Bertz CT molecular complexity index is 705. The maximum atomic E-state index is 13.0. The number of nitrogens with zero attached hydrogens (tertiary/aromatic N) is 4. The van der Waals surface area contributed by atoms with E-state index in [-0.39, 0.29) is 11.9 Å². The molecule has 0 spiro atoms. The normalized spacial score (nSPS) is 12.2. The van der Waals surface area contributed by atoms with Gasteiger partial charge in [-0.1, -0.05) is 33.1 Å². The monoisotopic (exact) mass is 356 g/mol. The first kappa shape index (κ1) is 20.1. The molecule has 2 heterocycles. The molecule has 0 bridgehead atoms. The van der Waals surface area contributed by atoms with E-state index < -0.39 is 0 Å². The minimum absolute atomic E-state index is 0.0782. The van der Waals surface area contributed by atoms with Crippen LogP contribution >= 0.6 is 0 Å². The van der Waals surface area contributed by atoms with Gasteiger partial charge in [-0.25, -0.2) is 9.67 Å². The van der Waals surface area contributed by atoms with E-state index in [9.17, 15) is 4.79 Å². The quantitative estimate of drug-likeness (QED) is 0.612. The molecule has 2 aromatic heterocycles. The molecule has 2 rings (SSSR count). The van der Waals surface area contributed by atoms with E-state index in [4.69, 9.17) is 0 Å². The number of amides is 1. The van der Waals surface area contributed by atoms with Gasteiger partial charge in [0.1, 0.15) is 0 Å². The molecular weight excluding hydrogens is 324 g/mol. The third kappa shape index (κ3) is 4.93. The number of rotatable bonds is 9. The molecule has 0 aliphatic heterocycles. The third-order valence-electron chi connectivity index (χ3n) is 4.72. The highest BCUT2D eigenvalue weighted by Gasteiger charge is 2.21. The number of unbranched alkanes of at least 4 members (excludes halogenated alkanes) is 2. The third-order valence-corrected chi connectivity index (χ3v) is 4.72. The summed E-state index contributed by atoms with van der Waals surface area (Å²) >= 11 is 0. The Morgan fingerprint density at radius 2 is 1.96 bits per heavy atom. The molecule has 1 amide bonds. The molecule has 0 saturated carbocycles. The van der Waals surface area contributed by atoms with E-state index in [1.165, 1.54) is 0 Å². The molecule has 0 N–H and O–H groups in total. The van der Waals surface area contributed by atoms with E-state index in [0.717, 1.165) is 55.9 Å². The van der Waals surface area contributed by atoms with Gasteiger partial charge in [0.25, 0.3) is 5.91 Å². The van der Waals surface area contributed by atoms with Crippen molar-refractivity contribution in [1.82, 2.24) is 19.7 Å². The number of carbonyl (C=O) groups is 1. The highest BCUT2D eigenvalue weighted by Crippen LogP contribution is 2.15. The molecular formula is C21H32N4O. The Morgan fingerprint density at radius 3 is 2.50 bits per heavy atom. The van der Waals surface area contributed by atoms with Crippen molar-refractivity contribution in [2.45, 2.75) is 72.8 Å². The fourth-order valence-corrected chi connectivity index (χ4v) is 3.29. The van der Waals surface area contributed by atoms with Gasteiger partial charge in [0.05, 0.1) is 11.3 Å². The maximum absolute atomic E-state index is 13.0. The first-order chi connectivity index (χ1) is 12.5. The molecule has 1 atom stereocenters. The van der Waals surface area contributed by atoms with Crippen LogP contribution in [0.3, 0.4) is 0 Å². The van der Waals surface area contributed by atoms with Gasteiger partial charge < -0.3 is 4.90 Å². The van der Waals surface area contributed by atoms with Gasteiger partial charge in [0.2, 0.25) is 0 Å². The minimum Gasteiger partial charge on any atom is -0.336 e. The lowest BCUT2D eigenvalue weighted by Crippen LogP contribution is -2.39. The fourth-order valence-electron chi connectivity index (χ4n) is 3.29. The van der Waals surface area contributed by atoms with Crippen LogP contribution < -0.4 is 0 Å². The van der Waals surface area contributed by atoms with Crippen LogP contribution in [0.15, 0.2) is 24.4 Å². The zero-order valence-electron chi connectivity index (χ0n) is 16.8. The van der Waals surface area contributed by atoms with Crippen LogP contribution in [0.1, 0.15) is 74.6 Å². The molecule has 0 fully saturated rings. The zero-order chi connectivity index (χ0) is 19.1. The summed E-state index contributed by atoms with van der Waals surface area (Å²) in [5.74, 6) is 0.820. The number of aromatic nitrogens is 3. The van der Waals surface area contributed by atoms with Crippen molar-refractivity contribution in [3.05, 3.63) is 41.3 Å². The van der Waals surface area contributed by atoms with Gasteiger partial charge in [-0.15, -0.1) is 0 Å². The van der Waals surface area contributed by atoms with E-state index in [2.05, 4.69) is 30.9 Å². The second-order valence-corrected chi connectivity index (χ2v) is 7.09. The van der Waals surface area contributed by atoms with Crippen molar-refractivity contribution >= 4 is 5.91 Å². The summed E-state index contributed by atoms with van der Waals surface area (Å²) in [6.45, 7) is 11.3. The summed E-state index contributed by atoms with van der Waals surface area (Å²) in [6.07, 6.45) is 7.14. The molecule has 0 aromatic carbocycles. The van der Waals surface area contributed by atoms with Crippen molar-refractivity contribution in [1.29, 1.82) is 0 Å². The lowest BCUT2D eigenvalue weighted by Gasteiger charge is -2.29. The maximum Gasteiger partial charge on any atom is 0.255 e. The summed E-state index contributed by atoms with van der Waals surface area (Å²) in [7, 11) is 0. The van der Waals surface area contributed by atoms with Gasteiger partial charge in [-0.3, -0.25) is 4.79 Å². The van der Waals surface area contributed by atoms with Crippen LogP contribution in [-0.2, 0) is 0 Å². The highest BCUT2D eigenvalue weighted by molar-refractivity contribution is 5.94. The SMILES string of the molecule is CCCCCN(C(=O)c1ccc(-n2nc(C)cc2C)nc1)C(C)CCC. The summed E-state index contributed by atoms with van der Waals surface area (Å²) in [5, 5.41) is 4.45.